The van der Waals surface area contributed by atoms with Crippen LogP contribution in [0.4, 0.5) is 18.9 Å². The van der Waals surface area contributed by atoms with Crippen molar-refractivity contribution in [2.24, 2.45) is 5.92 Å². The molecule has 0 radical (unpaired) electrons. The van der Waals surface area contributed by atoms with E-state index in [4.69, 9.17) is 23.2 Å². The standard InChI is InChI=1S/C27H23Cl2F3N4O3/c28-15-9-18(22(24(31)32)33-11-15)25(37)35-17-7-5-14(6-8-17)13-36-21-4-2-1-3-19(21)27(39,26(36)38)23-20(30)10-16(29)12-34-23/h1-4,9-12,14,17,24,39H,5-8,13H2,(H,35,37). The molecule has 2 N–H and O–H groups in total. The summed E-state index contributed by atoms with van der Waals surface area (Å²) in [6, 6.07) is 8.53. The fraction of sp³-hybridized carbons (Fsp3) is 0.333. The van der Waals surface area contributed by atoms with E-state index in [0.29, 0.717) is 31.4 Å². The van der Waals surface area contributed by atoms with Gasteiger partial charge < -0.3 is 15.3 Å². The molecule has 3 aromatic rings. The molecule has 1 aliphatic carbocycles. The minimum atomic E-state index is -2.92. The Morgan fingerprint density at radius 2 is 1.77 bits per heavy atom. The minimum Gasteiger partial charge on any atom is -0.370 e. The van der Waals surface area contributed by atoms with Crippen LogP contribution in [-0.4, -0.2) is 39.5 Å². The Labute approximate surface area is 232 Å². The van der Waals surface area contributed by atoms with Crippen molar-refractivity contribution in [2.45, 2.75) is 43.8 Å². The Balaban J connectivity index is 1.28. The van der Waals surface area contributed by atoms with E-state index in [1.807, 2.05) is 0 Å². The summed E-state index contributed by atoms with van der Waals surface area (Å²) in [7, 11) is 0. The highest BCUT2D eigenvalue weighted by Crippen LogP contribution is 2.45. The maximum Gasteiger partial charge on any atom is 0.281 e. The molecule has 1 unspecified atom stereocenters. The summed E-state index contributed by atoms with van der Waals surface area (Å²) >= 11 is 11.7. The topological polar surface area (TPSA) is 95.4 Å². The van der Waals surface area contributed by atoms with Crippen molar-refractivity contribution < 1.29 is 27.9 Å². The van der Waals surface area contributed by atoms with Gasteiger partial charge in [0, 0.05) is 30.5 Å². The van der Waals surface area contributed by atoms with Crippen molar-refractivity contribution >= 4 is 40.7 Å². The molecular weight excluding hydrogens is 556 g/mol. The van der Waals surface area contributed by atoms with Crippen LogP contribution in [0.1, 0.15) is 59.4 Å². The maximum atomic E-state index is 14.8. The summed E-state index contributed by atoms with van der Waals surface area (Å²) < 4.78 is 41.4. The number of nitrogens with one attached hydrogen (secondary N) is 1. The lowest BCUT2D eigenvalue weighted by atomic mass is 9.85. The number of para-hydroxylation sites is 1. The Bertz CT molecular complexity index is 1440. The quantitative estimate of drug-likeness (QED) is 0.406. The number of pyridine rings is 2. The molecule has 1 aromatic carbocycles. The molecule has 12 heteroatoms. The highest BCUT2D eigenvalue weighted by molar-refractivity contribution is 6.31. The van der Waals surface area contributed by atoms with E-state index in [-0.39, 0.29) is 39.7 Å². The lowest BCUT2D eigenvalue weighted by Crippen LogP contribution is -2.45. The van der Waals surface area contributed by atoms with Crippen LogP contribution < -0.4 is 10.2 Å². The fourth-order valence-corrected chi connectivity index (χ4v) is 5.64. The first kappa shape index (κ1) is 27.4. The van der Waals surface area contributed by atoms with Crippen LogP contribution >= 0.6 is 23.2 Å². The van der Waals surface area contributed by atoms with E-state index >= 15 is 0 Å². The van der Waals surface area contributed by atoms with Crippen LogP contribution in [-0.2, 0) is 10.4 Å². The first-order valence-corrected chi connectivity index (χ1v) is 13.0. The predicted octanol–water partition coefficient (Wildman–Crippen LogP) is 5.43. The number of hydrogen-bond acceptors (Lipinski definition) is 5. The van der Waals surface area contributed by atoms with Crippen molar-refractivity contribution in [3.63, 3.8) is 0 Å². The lowest BCUT2D eigenvalue weighted by Gasteiger charge is -2.32. The molecule has 204 valence electrons. The molecule has 0 spiro atoms. The number of anilines is 1. The van der Waals surface area contributed by atoms with Gasteiger partial charge in [0.25, 0.3) is 18.2 Å². The first-order valence-electron chi connectivity index (χ1n) is 12.3. The van der Waals surface area contributed by atoms with Crippen LogP contribution in [0.3, 0.4) is 0 Å². The highest BCUT2D eigenvalue weighted by Gasteiger charge is 2.53. The number of benzene rings is 1. The molecule has 0 saturated heterocycles. The summed E-state index contributed by atoms with van der Waals surface area (Å²) in [5.74, 6) is -2.25. The SMILES string of the molecule is O=C(NC1CCC(CN2C(=O)C(O)(c3ncc(Cl)cc3F)c3ccccc32)CC1)c1cc(Cl)cnc1C(F)F. The average molecular weight is 579 g/mol. The third kappa shape index (κ3) is 5.08. The molecule has 2 amide bonds. The van der Waals surface area contributed by atoms with Crippen molar-refractivity contribution in [1.29, 1.82) is 0 Å². The van der Waals surface area contributed by atoms with Gasteiger partial charge in [-0.1, -0.05) is 41.4 Å². The van der Waals surface area contributed by atoms with Crippen LogP contribution in [0, 0.1) is 11.7 Å². The monoisotopic (exact) mass is 578 g/mol. The molecule has 5 rings (SSSR count). The second-order valence-electron chi connectivity index (χ2n) is 9.71. The number of nitrogens with zero attached hydrogens (tertiary/aromatic N) is 3. The van der Waals surface area contributed by atoms with E-state index in [1.54, 1.807) is 24.3 Å². The summed E-state index contributed by atoms with van der Waals surface area (Å²) in [6.45, 7) is 0.266. The normalized spacial score (nSPS) is 22.7. The summed E-state index contributed by atoms with van der Waals surface area (Å²) in [4.78, 5) is 35.3. The third-order valence-corrected chi connectivity index (χ3v) is 7.66. The molecule has 2 aliphatic rings. The van der Waals surface area contributed by atoms with Crippen molar-refractivity contribution in [3.8, 4) is 0 Å². The lowest BCUT2D eigenvalue weighted by molar-refractivity contribution is -0.132. The zero-order valence-corrected chi connectivity index (χ0v) is 21.9. The molecule has 1 atom stereocenters. The Hall–Kier alpha value is -3.21. The van der Waals surface area contributed by atoms with Crippen molar-refractivity contribution in [3.05, 3.63) is 87.2 Å². The van der Waals surface area contributed by atoms with Gasteiger partial charge in [-0.3, -0.25) is 19.6 Å². The molecular formula is C27H23Cl2F3N4O3. The highest BCUT2D eigenvalue weighted by atomic mass is 35.5. The Morgan fingerprint density at radius 3 is 2.46 bits per heavy atom. The molecule has 0 bridgehead atoms. The predicted molar refractivity (Wildman–Crippen MR) is 138 cm³/mol. The van der Waals surface area contributed by atoms with Gasteiger partial charge in [0.05, 0.1) is 21.3 Å². The summed E-state index contributed by atoms with van der Waals surface area (Å²) in [5.41, 5.74) is -2.92. The summed E-state index contributed by atoms with van der Waals surface area (Å²) in [5, 5.41) is 14.4. The smallest absolute Gasteiger partial charge is 0.281 e. The van der Waals surface area contributed by atoms with Gasteiger partial charge in [-0.05, 0) is 49.8 Å². The van der Waals surface area contributed by atoms with Gasteiger partial charge in [0.1, 0.15) is 17.2 Å². The second-order valence-corrected chi connectivity index (χ2v) is 10.6. The summed E-state index contributed by atoms with van der Waals surface area (Å²) in [6.07, 6.45) is 1.68. The van der Waals surface area contributed by atoms with Gasteiger partial charge in [0.2, 0.25) is 5.60 Å². The Morgan fingerprint density at radius 1 is 1.10 bits per heavy atom. The number of fused-ring (bicyclic) bond motifs is 1. The molecule has 7 nitrogen and oxygen atoms in total. The number of hydrogen-bond donors (Lipinski definition) is 2. The zero-order valence-electron chi connectivity index (χ0n) is 20.4. The van der Waals surface area contributed by atoms with Crippen LogP contribution in [0.15, 0.2) is 48.8 Å². The average Bonchev–Trinajstić information content (AvgIpc) is 3.12. The third-order valence-electron chi connectivity index (χ3n) is 7.25. The van der Waals surface area contributed by atoms with Crippen LogP contribution in [0.5, 0.6) is 0 Å². The molecule has 1 aliphatic heterocycles. The fourth-order valence-electron chi connectivity index (χ4n) is 5.34. The van der Waals surface area contributed by atoms with Crippen LogP contribution in [0.25, 0.3) is 0 Å². The Kier molecular flexibility index (Phi) is 7.54. The number of rotatable bonds is 6. The molecule has 39 heavy (non-hydrogen) atoms. The number of halogens is 5. The number of carbonyl (C=O) groups excluding carboxylic acids is 2. The van der Waals surface area contributed by atoms with Gasteiger partial charge >= 0.3 is 0 Å². The minimum absolute atomic E-state index is 0.0185. The molecule has 1 fully saturated rings. The first-order chi connectivity index (χ1) is 18.6. The second kappa shape index (κ2) is 10.7. The van der Waals surface area contributed by atoms with Crippen molar-refractivity contribution in [1.82, 2.24) is 15.3 Å². The number of carbonyl (C=O) groups is 2. The van der Waals surface area contributed by atoms with E-state index in [1.165, 1.54) is 17.2 Å². The molecule has 3 heterocycles. The molecule has 1 saturated carbocycles. The number of alkyl halides is 2. The van der Waals surface area contributed by atoms with Crippen molar-refractivity contribution in [2.75, 3.05) is 11.4 Å². The van der Waals surface area contributed by atoms with Gasteiger partial charge in [-0.25, -0.2) is 13.2 Å². The van der Waals surface area contributed by atoms with Gasteiger partial charge in [-0.15, -0.1) is 0 Å². The van der Waals surface area contributed by atoms with Crippen LogP contribution in [0.2, 0.25) is 10.0 Å². The van der Waals surface area contributed by atoms with Gasteiger partial charge in [0.15, 0.2) is 0 Å². The zero-order chi connectivity index (χ0) is 27.9. The van der Waals surface area contributed by atoms with E-state index in [0.717, 1.165) is 12.3 Å². The van der Waals surface area contributed by atoms with Gasteiger partial charge in [-0.2, -0.15) is 0 Å². The number of aromatic nitrogens is 2. The van der Waals surface area contributed by atoms with E-state index < -0.39 is 41.0 Å². The van der Waals surface area contributed by atoms with E-state index in [2.05, 4.69) is 15.3 Å². The molecule has 2 aromatic heterocycles. The van der Waals surface area contributed by atoms with E-state index in [9.17, 15) is 27.9 Å². The number of amides is 2. The largest absolute Gasteiger partial charge is 0.370 e. The number of aliphatic hydroxyl groups is 1. The maximum absolute atomic E-state index is 14.8.